The zero-order valence-corrected chi connectivity index (χ0v) is 8.55. The molecular formula is H6O4P2W. The number of rotatable bonds is 0. The van der Waals surface area contributed by atoms with Crippen molar-refractivity contribution in [3.63, 3.8) is 0 Å². The Hall–Kier alpha value is 1.23. The molecule has 0 aliphatic heterocycles. The van der Waals surface area contributed by atoms with Crippen LogP contribution in [-0.4, -0.2) is 14.7 Å². The average molecular weight is 316 g/mol. The van der Waals surface area contributed by atoms with Crippen molar-refractivity contribution in [1.29, 1.82) is 0 Å². The molecule has 7 heteroatoms. The maximum Gasteiger partial charge on any atom is 0.466 e. The molecule has 0 heterocycles. The number of phosphoric acid groups is 1. The van der Waals surface area contributed by atoms with Crippen molar-refractivity contribution in [3.05, 3.63) is 0 Å². The molecule has 7 heavy (non-hydrogen) atoms. The van der Waals surface area contributed by atoms with E-state index in [9.17, 15) is 0 Å². The van der Waals surface area contributed by atoms with Crippen molar-refractivity contribution < 1.29 is 40.3 Å². The van der Waals surface area contributed by atoms with Gasteiger partial charge in [0.1, 0.15) is 0 Å². The van der Waals surface area contributed by atoms with E-state index in [1.807, 2.05) is 0 Å². The van der Waals surface area contributed by atoms with Gasteiger partial charge in [-0.05, 0) is 0 Å². The topological polar surface area (TPSA) is 77.8 Å². The summed E-state index contributed by atoms with van der Waals surface area (Å²) in [6.07, 6.45) is 0. The smallest absolute Gasteiger partial charge is 0.303 e. The molecule has 0 amide bonds. The van der Waals surface area contributed by atoms with Crippen molar-refractivity contribution in [2.75, 3.05) is 0 Å². The molecule has 0 aromatic heterocycles. The van der Waals surface area contributed by atoms with Crippen LogP contribution in [0.15, 0.2) is 0 Å². The first-order valence-electron chi connectivity index (χ1n) is 0.783. The third-order valence-electron chi connectivity index (χ3n) is 0. The van der Waals surface area contributed by atoms with E-state index in [-0.39, 0.29) is 31.0 Å². The van der Waals surface area contributed by atoms with Crippen LogP contribution in [0.2, 0.25) is 0 Å². The molecule has 3 N–H and O–H groups in total. The number of hydrogen-bond acceptors (Lipinski definition) is 1. The van der Waals surface area contributed by atoms with Gasteiger partial charge in [-0.1, -0.05) is 0 Å². The van der Waals surface area contributed by atoms with Gasteiger partial charge in [0.2, 0.25) is 0 Å². The van der Waals surface area contributed by atoms with E-state index < -0.39 is 7.82 Å². The van der Waals surface area contributed by atoms with Crippen molar-refractivity contribution in [2.45, 2.75) is 0 Å². The molecule has 0 saturated carbocycles. The Morgan fingerprint density at radius 1 is 1.14 bits per heavy atom. The van der Waals surface area contributed by atoms with E-state index in [0.717, 1.165) is 0 Å². The fraction of sp³-hybridized carbons (Fsp3) is 0. The standard InChI is InChI=1S/H3O4P.H3P.W/c1-5(2,3)4;;/h(H3,1,2,3,4);1H3;. The summed E-state index contributed by atoms with van der Waals surface area (Å²) < 4.78 is 8.88. The van der Waals surface area contributed by atoms with E-state index in [1.54, 1.807) is 0 Å². The van der Waals surface area contributed by atoms with Gasteiger partial charge in [0.25, 0.3) is 0 Å². The van der Waals surface area contributed by atoms with Crippen LogP contribution in [-0.2, 0) is 25.6 Å². The van der Waals surface area contributed by atoms with E-state index in [4.69, 9.17) is 19.2 Å². The quantitative estimate of drug-likeness (QED) is 0.508. The predicted molar refractivity (Wildman–Crippen MR) is 25.4 cm³/mol. The summed E-state index contributed by atoms with van der Waals surface area (Å²) in [5, 5.41) is 0. The van der Waals surface area contributed by atoms with Gasteiger partial charge in [0.05, 0.1) is 0 Å². The zero-order valence-electron chi connectivity index (χ0n) is 3.31. The van der Waals surface area contributed by atoms with Crippen LogP contribution >= 0.6 is 17.7 Å². The van der Waals surface area contributed by atoms with Crippen molar-refractivity contribution in [1.82, 2.24) is 0 Å². The molecule has 0 radical (unpaired) electrons. The molecule has 0 aliphatic rings. The van der Waals surface area contributed by atoms with Crippen LogP contribution in [0.5, 0.6) is 0 Å². The van der Waals surface area contributed by atoms with Gasteiger partial charge in [-0.2, -0.15) is 9.90 Å². The van der Waals surface area contributed by atoms with Crippen LogP contribution in [0.25, 0.3) is 0 Å². The van der Waals surface area contributed by atoms with Crippen LogP contribution in [0.4, 0.5) is 0 Å². The van der Waals surface area contributed by atoms with E-state index in [2.05, 4.69) is 0 Å². The second-order valence-electron chi connectivity index (χ2n) is 0.513. The molecule has 0 fully saturated rings. The minimum Gasteiger partial charge on any atom is -0.303 e. The largest absolute Gasteiger partial charge is 0.466 e. The molecule has 46 valence electrons. The molecule has 0 aromatic rings. The van der Waals surface area contributed by atoms with Crippen LogP contribution in [0.1, 0.15) is 0 Å². The molecule has 1 atom stereocenters. The number of hydrogen-bond donors (Lipinski definition) is 3. The average Bonchev–Trinajstić information content (AvgIpc) is 0.722. The van der Waals surface area contributed by atoms with Gasteiger partial charge in [0, 0.05) is 21.1 Å². The first-order chi connectivity index (χ1) is 2.00. The Bertz CT molecular complexity index is 55.8. The summed E-state index contributed by atoms with van der Waals surface area (Å²) in [4.78, 5) is 21.6. The minimum absolute atomic E-state index is 0. The summed E-state index contributed by atoms with van der Waals surface area (Å²) in [6.45, 7) is 0. The van der Waals surface area contributed by atoms with E-state index in [1.165, 1.54) is 0 Å². The maximum atomic E-state index is 8.88. The van der Waals surface area contributed by atoms with Crippen molar-refractivity contribution in [2.24, 2.45) is 0 Å². The molecule has 0 aliphatic carbocycles. The third-order valence-corrected chi connectivity index (χ3v) is 0. The van der Waals surface area contributed by atoms with E-state index >= 15 is 0 Å². The van der Waals surface area contributed by atoms with E-state index in [0.29, 0.717) is 0 Å². The van der Waals surface area contributed by atoms with Gasteiger partial charge >= 0.3 is 7.82 Å². The van der Waals surface area contributed by atoms with Gasteiger partial charge in [-0.25, -0.2) is 4.57 Å². The molecular weight excluding hydrogens is 310 g/mol. The zero-order chi connectivity index (χ0) is 4.50. The first-order valence-corrected chi connectivity index (χ1v) is 2.35. The second kappa shape index (κ2) is 5.37. The van der Waals surface area contributed by atoms with Gasteiger partial charge in [-0.15, -0.1) is 0 Å². The van der Waals surface area contributed by atoms with Crippen LogP contribution in [0.3, 0.4) is 0 Å². The minimum atomic E-state index is -4.64. The fourth-order valence-corrected chi connectivity index (χ4v) is 0. The Balaban J connectivity index is -0.0000000800. The Labute approximate surface area is 58.4 Å². The second-order valence-corrected chi connectivity index (χ2v) is 1.54. The maximum absolute atomic E-state index is 8.88. The molecule has 0 spiro atoms. The summed E-state index contributed by atoms with van der Waals surface area (Å²) >= 11 is 0. The van der Waals surface area contributed by atoms with Crippen LogP contribution < -0.4 is 0 Å². The summed E-state index contributed by atoms with van der Waals surface area (Å²) in [7, 11) is -4.64. The fourth-order valence-electron chi connectivity index (χ4n) is 0. The molecule has 0 rings (SSSR count). The SMILES string of the molecule is O=P(O)(O)O.P.[W]. The predicted octanol–water partition coefficient (Wildman–Crippen LogP) is -0.873. The van der Waals surface area contributed by atoms with Crippen molar-refractivity contribution in [3.8, 4) is 0 Å². The third kappa shape index (κ3) is 131. The monoisotopic (exact) mass is 316 g/mol. The Morgan fingerprint density at radius 2 is 1.14 bits per heavy atom. The van der Waals surface area contributed by atoms with Crippen LogP contribution in [0, 0.1) is 0 Å². The molecule has 0 aromatic carbocycles. The first kappa shape index (κ1) is 15.7. The summed E-state index contributed by atoms with van der Waals surface area (Å²) in [6, 6.07) is 0. The van der Waals surface area contributed by atoms with Gasteiger partial charge in [0.15, 0.2) is 0 Å². The molecule has 0 bridgehead atoms. The molecule has 0 saturated heterocycles. The molecule has 4 nitrogen and oxygen atoms in total. The normalized spacial score (nSPS) is 8.43. The molecule has 1 unspecified atom stereocenters. The van der Waals surface area contributed by atoms with Gasteiger partial charge < -0.3 is 14.7 Å². The summed E-state index contributed by atoms with van der Waals surface area (Å²) in [5.74, 6) is 0. The van der Waals surface area contributed by atoms with Crippen molar-refractivity contribution >= 4 is 17.7 Å². The Kier molecular flexibility index (Phi) is 12.1. The Morgan fingerprint density at radius 3 is 1.14 bits per heavy atom. The van der Waals surface area contributed by atoms with Gasteiger partial charge in [-0.3, -0.25) is 0 Å². The summed E-state index contributed by atoms with van der Waals surface area (Å²) in [5.41, 5.74) is 0.